The molecule has 1 aromatic heterocycles. The summed E-state index contributed by atoms with van der Waals surface area (Å²) in [6.45, 7) is 0.949. The molecule has 0 radical (unpaired) electrons. The number of nitrogens with two attached hydrogens (primary N) is 1. The first-order valence-corrected chi connectivity index (χ1v) is 7.02. The first-order chi connectivity index (χ1) is 9.31. The Bertz CT molecular complexity index is 547. The highest BCUT2D eigenvalue weighted by Gasteiger charge is 2.18. The molecule has 0 bridgehead atoms. The average molecular weight is 256 g/mol. The lowest BCUT2D eigenvalue weighted by Gasteiger charge is -2.26. The van der Waals surface area contributed by atoms with Crippen molar-refractivity contribution in [2.24, 2.45) is 11.7 Å². The molecule has 1 aromatic carbocycles. The zero-order valence-electron chi connectivity index (χ0n) is 11.0. The second kappa shape index (κ2) is 5.53. The van der Waals surface area contributed by atoms with Crippen molar-refractivity contribution in [2.45, 2.75) is 31.7 Å². The molecular formula is C15H20N4. The molecule has 0 spiro atoms. The molecule has 0 aliphatic heterocycles. The van der Waals surface area contributed by atoms with Gasteiger partial charge in [-0.05, 0) is 37.7 Å². The van der Waals surface area contributed by atoms with Crippen molar-refractivity contribution < 1.29 is 0 Å². The van der Waals surface area contributed by atoms with Crippen LogP contribution in [0.1, 0.15) is 25.7 Å². The average Bonchev–Trinajstić information content (AvgIpc) is 2.46. The predicted octanol–water partition coefficient (Wildman–Crippen LogP) is 2.56. The summed E-state index contributed by atoms with van der Waals surface area (Å²) in [5.74, 6) is 1.43. The first kappa shape index (κ1) is 12.4. The van der Waals surface area contributed by atoms with Gasteiger partial charge in [0.1, 0.15) is 0 Å². The smallest absolute Gasteiger partial charge is 0.223 e. The van der Waals surface area contributed by atoms with Crippen molar-refractivity contribution in [3.63, 3.8) is 0 Å². The van der Waals surface area contributed by atoms with Gasteiger partial charge in [0.25, 0.3) is 0 Å². The number of fused-ring (bicyclic) bond motifs is 1. The fraction of sp³-hybridized carbons (Fsp3) is 0.467. The van der Waals surface area contributed by atoms with E-state index in [2.05, 4.69) is 15.3 Å². The fourth-order valence-corrected chi connectivity index (χ4v) is 2.69. The zero-order chi connectivity index (χ0) is 13.1. The van der Waals surface area contributed by atoms with E-state index in [0.717, 1.165) is 36.2 Å². The Labute approximate surface area is 113 Å². The molecule has 0 amide bonds. The van der Waals surface area contributed by atoms with Gasteiger partial charge in [-0.1, -0.05) is 18.2 Å². The third-order valence-electron chi connectivity index (χ3n) is 3.93. The van der Waals surface area contributed by atoms with Crippen LogP contribution in [0, 0.1) is 5.92 Å². The molecule has 1 saturated carbocycles. The molecule has 1 aliphatic carbocycles. The Morgan fingerprint density at radius 2 is 1.95 bits per heavy atom. The molecule has 1 fully saturated rings. The lowest BCUT2D eigenvalue weighted by atomic mass is 9.86. The maximum atomic E-state index is 5.92. The van der Waals surface area contributed by atoms with E-state index in [1.54, 1.807) is 0 Å². The zero-order valence-corrected chi connectivity index (χ0v) is 11.0. The van der Waals surface area contributed by atoms with Gasteiger partial charge in [-0.3, -0.25) is 0 Å². The number of aromatic nitrogens is 2. The summed E-state index contributed by atoms with van der Waals surface area (Å²) >= 11 is 0. The molecule has 2 aromatic rings. The van der Waals surface area contributed by atoms with Crippen LogP contribution in [0.2, 0.25) is 0 Å². The van der Waals surface area contributed by atoms with Crippen molar-refractivity contribution in [2.75, 3.05) is 11.9 Å². The van der Waals surface area contributed by atoms with Crippen molar-refractivity contribution in [1.82, 2.24) is 9.97 Å². The summed E-state index contributed by atoms with van der Waals surface area (Å²) < 4.78 is 0. The van der Waals surface area contributed by atoms with Crippen molar-refractivity contribution in [3.05, 3.63) is 30.5 Å². The van der Waals surface area contributed by atoms with Crippen molar-refractivity contribution in [3.8, 4) is 0 Å². The minimum atomic E-state index is 0.410. The molecule has 3 rings (SSSR count). The molecule has 100 valence electrons. The van der Waals surface area contributed by atoms with E-state index in [0.29, 0.717) is 12.0 Å². The molecule has 1 heterocycles. The largest absolute Gasteiger partial charge is 0.354 e. The van der Waals surface area contributed by atoms with Crippen LogP contribution in [0.5, 0.6) is 0 Å². The molecule has 0 saturated heterocycles. The number of anilines is 1. The maximum Gasteiger partial charge on any atom is 0.223 e. The van der Waals surface area contributed by atoms with Crippen LogP contribution in [0.25, 0.3) is 10.9 Å². The third-order valence-corrected chi connectivity index (χ3v) is 3.93. The number of rotatable bonds is 3. The number of nitrogens with one attached hydrogen (secondary N) is 1. The summed E-state index contributed by atoms with van der Waals surface area (Å²) in [4.78, 5) is 8.89. The number of hydrogen-bond donors (Lipinski definition) is 2. The predicted molar refractivity (Wildman–Crippen MR) is 78.0 cm³/mol. The third kappa shape index (κ3) is 3.01. The van der Waals surface area contributed by atoms with Gasteiger partial charge < -0.3 is 11.1 Å². The molecule has 19 heavy (non-hydrogen) atoms. The van der Waals surface area contributed by atoms with Crippen LogP contribution in [-0.2, 0) is 0 Å². The van der Waals surface area contributed by atoms with E-state index in [9.17, 15) is 0 Å². The SMILES string of the molecule is NC1CCC(CNc2ncc3ccccc3n2)CC1. The fourth-order valence-electron chi connectivity index (χ4n) is 2.69. The molecular weight excluding hydrogens is 236 g/mol. The van der Waals surface area contributed by atoms with Crippen LogP contribution in [0.4, 0.5) is 5.95 Å². The Morgan fingerprint density at radius 3 is 2.79 bits per heavy atom. The van der Waals surface area contributed by atoms with Crippen molar-refractivity contribution >= 4 is 16.9 Å². The highest BCUT2D eigenvalue weighted by molar-refractivity contribution is 5.78. The maximum absolute atomic E-state index is 5.92. The highest BCUT2D eigenvalue weighted by atomic mass is 15.1. The number of para-hydroxylation sites is 1. The molecule has 1 aliphatic rings. The van der Waals surface area contributed by atoms with E-state index >= 15 is 0 Å². The van der Waals surface area contributed by atoms with Gasteiger partial charge in [0, 0.05) is 24.2 Å². The topological polar surface area (TPSA) is 63.8 Å². The summed E-state index contributed by atoms with van der Waals surface area (Å²) in [5, 5.41) is 4.44. The van der Waals surface area contributed by atoms with E-state index in [1.165, 1.54) is 12.8 Å². The Morgan fingerprint density at radius 1 is 1.16 bits per heavy atom. The van der Waals surface area contributed by atoms with Crippen molar-refractivity contribution in [1.29, 1.82) is 0 Å². The summed E-state index contributed by atoms with van der Waals surface area (Å²) in [6.07, 6.45) is 6.58. The molecule has 0 unspecified atom stereocenters. The number of benzene rings is 1. The number of nitrogens with zero attached hydrogens (tertiary/aromatic N) is 2. The van der Waals surface area contributed by atoms with Gasteiger partial charge in [0.2, 0.25) is 5.95 Å². The molecule has 3 N–H and O–H groups in total. The standard InChI is InChI=1S/C15H20N4/c16-13-7-5-11(6-8-13)9-17-15-18-10-12-3-1-2-4-14(12)19-15/h1-4,10-11,13H,5-9,16H2,(H,17,18,19). The van der Waals surface area contributed by atoms with E-state index in [4.69, 9.17) is 5.73 Å². The molecule has 0 atom stereocenters. The summed E-state index contributed by atoms with van der Waals surface area (Å²) in [7, 11) is 0. The van der Waals surface area contributed by atoms with Crippen LogP contribution < -0.4 is 11.1 Å². The van der Waals surface area contributed by atoms with Gasteiger partial charge in [-0.25, -0.2) is 9.97 Å². The lowest BCUT2D eigenvalue weighted by Crippen LogP contribution is -2.29. The second-order valence-electron chi connectivity index (χ2n) is 5.41. The van der Waals surface area contributed by atoms with Crippen LogP contribution >= 0.6 is 0 Å². The van der Waals surface area contributed by atoms with Gasteiger partial charge in [0.15, 0.2) is 0 Å². The van der Waals surface area contributed by atoms with Gasteiger partial charge in [-0.2, -0.15) is 0 Å². The van der Waals surface area contributed by atoms with Crippen LogP contribution in [0.15, 0.2) is 30.5 Å². The minimum absolute atomic E-state index is 0.410. The van der Waals surface area contributed by atoms with Gasteiger partial charge in [0.05, 0.1) is 5.52 Å². The number of hydrogen-bond acceptors (Lipinski definition) is 4. The van der Waals surface area contributed by atoms with E-state index < -0.39 is 0 Å². The first-order valence-electron chi connectivity index (χ1n) is 7.02. The van der Waals surface area contributed by atoms with Gasteiger partial charge >= 0.3 is 0 Å². The second-order valence-corrected chi connectivity index (χ2v) is 5.41. The Kier molecular flexibility index (Phi) is 3.60. The van der Waals surface area contributed by atoms with E-state index in [1.807, 2.05) is 30.5 Å². The van der Waals surface area contributed by atoms with Gasteiger partial charge in [-0.15, -0.1) is 0 Å². The quantitative estimate of drug-likeness (QED) is 0.886. The lowest BCUT2D eigenvalue weighted by molar-refractivity contribution is 0.338. The highest BCUT2D eigenvalue weighted by Crippen LogP contribution is 2.23. The summed E-state index contributed by atoms with van der Waals surface area (Å²) in [5.41, 5.74) is 6.91. The molecule has 4 heteroatoms. The monoisotopic (exact) mass is 256 g/mol. The summed E-state index contributed by atoms with van der Waals surface area (Å²) in [6, 6.07) is 8.46. The van der Waals surface area contributed by atoms with E-state index in [-0.39, 0.29) is 0 Å². The van der Waals surface area contributed by atoms with Crippen LogP contribution in [-0.4, -0.2) is 22.6 Å². The Hall–Kier alpha value is -1.68. The van der Waals surface area contributed by atoms with Crippen LogP contribution in [0.3, 0.4) is 0 Å². The minimum Gasteiger partial charge on any atom is -0.354 e. The Balaban J connectivity index is 1.62. The molecule has 4 nitrogen and oxygen atoms in total. The normalized spacial score (nSPS) is 23.4.